The van der Waals surface area contributed by atoms with E-state index >= 15 is 0 Å². The van der Waals surface area contributed by atoms with Crippen LogP contribution in [0.25, 0.3) is 0 Å². The number of hydrogen-bond acceptors (Lipinski definition) is 4. The Labute approximate surface area is 112 Å². The molecule has 108 valence electrons. The molecule has 0 radical (unpaired) electrons. The summed E-state index contributed by atoms with van der Waals surface area (Å²) in [6.45, 7) is 6.15. The summed E-state index contributed by atoms with van der Waals surface area (Å²) in [6.07, 6.45) is 5.09. The molecule has 0 aliphatic heterocycles. The van der Waals surface area contributed by atoms with Gasteiger partial charge in [0, 0.05) is 25.7 Å². The maximum atomic E-state index is 6.05. The highest BCUT2D eigenvalue weighted by atomic mass is 16.5. The van der Waals surface area contributed by atoms with Crippen molar-refractivity contribution in [3.05, 3.63) is 0 Å². The van der Waals surface area contributed by atoms with E-state index in [2.05, 4.69) is 18.9 Å². The van der Waals surface area contributed by atoms with E-state index in [-0.39, 0.29) is 5.54 Å². The van der Waals surface area contributed by atoms with Crippen LogP contribution in [0.5, 0.6) is 0 Å². The normalized spacial score (nSPS) is 28.8. The summed E-state index contributed by atoms with van der Waals surface area (Å²) < 4.78 is 10.5. The zero-order chi connectivity index (χ0) is 13.4. The third kappa shape index (κ3) is 4.50. The highest BCUT2D eigenvalue weighted by Crippen LogP contribution is 2.35. The SMILES string of the molecule is COCCOCCN(C)C1(CN)CCCC(C)C1. The number of nitrogens with zero attached hydrogens (tertiary/aromatic N) is 1. The molecule has 2 unspecified atom stereocenters. The van der Waals surface area contributed by atoms with Crippen LogP contribution >= 0.6 is 0 Å². The lowest BCUT2D eigenvalue weighted by molar-refractivity contribution is 0.0176. The van der Waals surface area contributed by atoms with E-state index in [9.17, 15) is 0 Å². The first-order valence-corrected chi connectivity index (χ1v) is 7.12. The Morgan fingerprint density at radius 1 is 1.33 bits per heavy atom. The number of ether oxygens (including phenoxy) is 2. The second kappa shape index (κ2) is 8.10. The molecule has 2 N–H and O–H groups in total. The van der Waals surface area contributed by atoms with E-state index in [0.717, 1.165) is 25.6 Å². The number of rotatable bonds is 8. The Balaban J connectivity index is 2.34. The fraction of sp³-hybridized carbons (Fsp3) is 1.00. The third-order valence-electron chi connectivity index (χ3n) is 4.26. The van der Waals surface area contributed by atoms with Gasteiger partial charge in [-0.15, -0.1) is 0 Å². The summed E-state index contributed by atoms with van der Waals surface area (Å²) in [5, 5.41) is 0. The topological polar surface area (TPSA) is 47.7 Å². The second-order valence-electron chi connectivity index (χ2n) is 5.66. The Morgan fingerprint density at radius 2 is 2.11 bits per heavy atom. The van der Waals surface area contributed by atoms with Gasteiger partial charge in [0.1, 0.15) is 0 Å². The van der Waals surface area contributed by atoms with Gasteiger partial charge in [-0.05, 0) is 25.8 Å². The second-order valence-corrected chi connectivity index (χ2v) is 5.66. The van der Waals surface area contributed by atoms with Gasteiger partial charge in [0.25, 0.3) is 0 Å². The monoisotopic (exact) mass is 258 g/mol. The largest absolute Gasteiger partial charge is 0.382 e. The Kier molecular flexibility index (Phi) is 7.15. The van der Waals surface area contributed by atoms with Crippen molar-refractivity contribution < 1.29 is 9.47 Å². The third-order valence-corrected chi connectivity index (χ3v) is 4.26. The van der Waals surface area contributed by atoms with Crippen LogP contribution < -0.4 is 5.73 Å². The van der Waals surface area contributed by atoms with Crippen molar-refractivity contribution >= 4 is 0 Å². The van der Waals surface area contributed by atoms with Crippen molar-refractivity contribution in [1.29, 1.82) is 0 Å². The summed E-state index contributed by atoms with van der Waals surface area (Å²) >= 11 is 0. The molecule has 0 spiro atoms. The molecule has 1 saturated carbocycles. The zero-order valence-electron chi connectivity index (χ0n) is 12.3. The Bertz CT molecular complexity index is 226. The first-order valence-electron chi connectivity index (χ1n) is 7.12. The maximum absolute atomic E-state index is 6.05. The number of methoxy groups -OCH3 is 1. The van der Waals surface area contributed by atoms with Gasteiger partial charge >= 0.3 is 0 Å². The molecule has 0 saturated heterocycles. The van der Waals surface area contributed by atoms with Crippen molar-refractivity contribution in [1.82, 2.24) is 4.90 Å². The van der Waals surface area contributed by atoms with Crippen LogP contribution in [0.1, 0.15) is 32.6 Å². The summed E-state index contributed by atoms with van der Waals surface area (Å²) in [6, 6.07) is 0. The number of likely N-dealkylation sites (N-methyl/N-ethyl adjacent to an activating group) is 1. The van der Waals surface area contributed by atoms with Crippen LogP contribution in [0.2, 0.25) is 0 Å². The van der Waals surface area contributed by atoms with Gasteiger partial charge < -0.3 is 15.2 Å². The minimum atomic E-state index is 0.197. The van der Waals surface area contributed by atoms with E-state index in [1.165, 1.54) is 25.7 Å². The van der Waals surface area contributed by atoms with Gasteiger partial charge in [0.05, 0.1) is 19.8 Å². The van der Waals surface area contributed by atoms with Gasteiger partial charge in [-0.3, -0.25) is 4.90 Å². The van der Waals surface area contributed by atoms with Crippen molar-refractivity contribution in [2.24, 2.45) is 11.7 Å². The molecule has 1 aliphatic carbocycles. The molecule has 0 aromatic heterocycles. The molecule has 1 aliphatic rings. The summed E-state index contributed by atoms with van der Waals surface area (Å²) in [7, 11) is 3.88. The molecule has 18 heavy (non-hydrogen) atoms. The van der Waals surface area contributed by atoms with Gasteiger partial charge in [-0.1, -0.05) is 19.8 Å². The molecule has 0 amide bonds. The van der Waals surface area contributed by atoms with E-state index < -0.39 is 0 Å². The highest BCUT2D eigenvalue weighted by molar-refractivity contribution is 4.94. The molecule has 2 atom stereocenters. The van der Waals surface area contributed by atoms with Crippen molar-refractivity contribution in [2.45, 2.75) is 38.1 Å². The minimum Gasteiger partial charge on any atom is -0.382 e. The van der Waals surface area contributed by atoms with Gasteiger partial charge in [-0.2, -0.15) is 0 Å². The van der Waals surface area contributed by atoms with E-state index in [0.29, 0.717) is 13.2 Å². The van der Waals surface area contributed by atoms with Crippen LogP contribution in [-0.2, 0) is 9.47 Å². The number of hydrogen-bond donors (Lipinski definition) is 1. The van der Waals surface area contributed by atoms with Crippen LogP contribution in [-0.4, -0.2) is 57.5 Å². The van der Waals surface area contributed by atoms with Crippen molar-refractivity contribution in [3.8, 4) is 0 Å². The van der Waals surface area contributed by atoms with Crippen LogP contribution in [0.4, 0.5) is 0 Å². The predicted octanol–water partition coefficient (Wildman–Crippen LogP) is 1.49. The van der Waals surface area contributed by atoms with Crippen LogP contribution in [0.15, 0.2) is 0 Å². The smallest absolute Gasteiger partial charge is 0.0700 e. The summed E-state index contributed by atoms with van der Waals surface area (Å²) in [5.41, 5.74) is 6.25. The van der Waals surface area contributed by atoms with Crippen LogP contribution in [0.3, 0.4) is 0 Å². The quantitative estimate of drug-likeness (QED) is 0.670. The van der Waals surface area contributed by atoms with E-state index in [1.54, 1.807) is 7.11 Å². The molecule has 0 aromatic carbocycles. The van der Waals surface area contributed by atoms with Gasteiger partial charge in [0.2, 0.25) is 0 Å². The molecule has 4 heteroatoms. The van der Waals surface area contributed by atoms with Gasteiger partial charge in [0.15, 0.2) is 0 Å². The van der Waals surface area contributed by atoms with E-state index in [1.807, 2.05) is 0 Å². The van der Waals surface area contributed by atoms with Crippen LogP contribution in [0, 0.1) is 5.92 Å². The molecule has 0 bridgehead atoms. The molecule has 0 heterocycles. The standard InChI is InChI=1S/C14H30N2O2/c1-13-5-4-6-14(11-13,12-15)16(2)7-8-18-10-9-17-3/h13H,4-12,15H2,1-3H3. The first kappa shape index (κ1) is 15.9. The Morgan fingerprint density at radius 3 is 2.72 bits per heavy atom. The molecule has 4 nitrogen and oxygen atoms in total. The van der Waals surface area contributed by atoms with E-state index in [4.69, 9.17) is 15.2 Å². The molecular weight excluding hydrogens is 228 g/mol. The fourth-order valence-electron chi connectivity index (χ4n) is 3.00. The number of nitrogens with two attached hydrogens (primary N) is 1. The molecule has 1 fully saturated rings. The lowest BCUT2D eigenvalue weighted by atomic mass is 9.75. The van der Waals surface area contributed by atoms with Crippen molar-refractivity contribution in [3.63, 3.8) is 0 Å². The summed E-state index contributed by atoms with van der Waals surface area (Å²) in [5.74, 6) is 0.791. The summed E-state index contributed by atoms with van der Waals surface area (Å²) in [4.78, 5) is 2.41. The molecular formula is C14H30N2O2. The predicted molar refractivity (Wildman–Crippen MR) is 74.7 cm³/mol. The zero-order valence-corrected chi connectivity index (χ0v) is 12.3. The molecule has 0 aromatic rings. The van der Waals surface area contributed by atoms with Gasteiger partial charge in [-0.25, -0.2) is 0 Å². The average molecular weight is 258 g/mol. The Hall–Kier alpha value is -0.160. The molecule has 1 rings (SSSR count). The first-order chi connectivity index (χ1) is 8.64. The van der Waals surface area contributed by atoms with Crippen molar-refractivity contribution in [2.75, 3.05) is 47.1 Å². The minimum absolute atomic E-state index is 0.197. The maximum Gasteiger partial charge on any atom is 0.0700 e. The average Bonchev–Trinajstić information content (AvgIpc) is 2.38. The lowest BCUT2D eigenvalue weighted by Crippen LogP contribution is -2.55. The lowest BCUT2D eigenvalue weighted by Gasteiger charge is -2.46. The fourth-order valence-corrected chi connectivity index (χ4v) is 3.00. The highest BCUT2D eigenvalue weighted by Gasteiger charge is 2.36.